The first-order chi connectivity index (χ1) is 8.49. The van der Waals surface area contributed by atoms with Crippen LogP contribution in [0.5, 0.6) is 0 Å². The summed E-state index contributed by atoms with van der Waals surface area (Å²) in [6, 6.07) is 0. The van der Waals surface area contributed by atoms with Crippen LogP contribution in [0.2, 0.25) is 0 Å². The van der Waals surface area contributed by atoms with Gasteiger partial charge in [0.1, 0.15) is 0 Å². The number of carboxylic acids is 1. The molecule has 4 aliphatic rings. The number of rotatable bonds is 3. The van der Waals surface area contributed by atoms with E-state index >= 15 is 0 Å². The summed E-state index contributed by atoms with van der Waals surface area (Å²) < 4.78 is 0. The van der Waals surface area contributed by atoms with E-state index in [1.165, 1.54) is 13.3 Å². The molecule has 4 rings (SSSR count). The van der Waals surface area contributed by atoms with Gasteiger partial charge in [-0.3, -0.25) is 9.59 Å². The van der Waals surface area contributed by atoms with Gasteiger partial charge in [-0.1, -0.05) is 0 Å². The van der Waals surface area contributed by atoms with E-state index in [1.54, 1.807) is 0 Å². The summed E-state index contributed by atoms with van der Waals surface area (Å²) in [4.78, 5) is 22.7. The smallest absolute Gasteiger partial charge is 0.305 e. The van der Waals surface area contributed by atoms with Crippen molar-refractivity contribution in [3.8, 4) is 0 Å². The highest BCUT2D eigenvalue weighted by atomic mass is 16.4. The van der Waals surface area contributed by atoms with Gasteiger partial charge < -0.3 is 10.4 Å². The van der Waals surface area contributed by atoms with Gasteiger partial charge in [0, 0.05) is 6.92 Å². The molecule has 1 amide bonds. The van der Waals surface area contributed by atoms with Gasteiger partial charge in [-0.2, -0.15) is 0 Å². The fourth-order valence-electron chi connectivity index (χ4n) is 5.14. The molecule has 100 valence electrons. The lowest BCUT2D eigenvalue weighted by molar-refractivity contribution is -0.148. The lowest BCUT2D eigenvalue weighted by Crippen LogP contribution is -2.66. The minimum absolute atomic E-state index is 0.0799. The molecule has 0 radical (unpaired) electrons. The normalized spacial score (nSPS) is 44.9. The van der Waals surface area contributed by atoms with Crippen molar-refractivity contribution in [2.24, 2.45) is 23.7 Å². The summed E-state index contributed by atoms with van der Waals surface area (Å²) in [6.45, 7) is 1.51. The molecule has 0 aromatic heterocycles. The fourth-order valence-corrected chi connectivity index (χ4v) is 5.14. The molecule has 0 unspecified atom stereocenters. The van der Waals surface area contributed by atoms with E-state index < -0.39 is 11.5 Å². The molecular weight excluding hydrogens is 230 g/mol. The second-order valence-corrected chi connectivity index (χ2v) is 6.60. The summed E-state index contributed by atoms with van der Waals surface area (Å²) in [5.74, 6) is 1.47. The Morgan fingerprint density at radius 1 is 1.11 bits per heavy atom. The molecule has 2 N–H and O–H groups in total. The van der Waals surface area contributed by atoms with E-state index in [0.717, 1.165) is 37.5 Å². The van der Waals surface area contributed by atoms with Gasteiger partial charge >= 0.3 is 5.97 Å². The molecule has 4 bridgehead atoms. The number of carboxylic acid groups (broad SMARTS) is 1. The van der Waals surface area contributed by atoms with Crippen LogP contribution in [0.4, 0.5) is 0 Å². The average molecular weight is 251 g/mol. The zero-order valence-corrected chi connectivity index (χ0v) is 10.8. The maximum Gasteiger partial charge on any atom is 0.305 e. The first-order valence-electron chi connectivity index (χ1n) is 7.00. The average Bonchev–Trinajstić information content (AvgIpc) is 2.23. The second kappa shape index (κ2) is 3.97. The summed E-state index contributed by atoms with van der Waals surface area (Å²) >= 11 is 0. The summed E-state index contributed by atoms with van der Waals surface area (Å²) in [5, 5.41) is 12.3. The van der Waals surface area contributed by atoms with Crippen LogP contribution in [0.15, 0.2) is 0 Å². The molecule has 0 aromatic rings. The Bertz CT molecular complexity index is 345. The van der Waals surface area contributed by atoms with Crippen LogP contribution < -0.4 is 5.32 Å². The van der Waals surface area contributed by atoms with Crippen molar-refractivity contribution in [3.63, 3.8) is 0 Å². The maximum atomic E-state index is 11.5. The van der Waals surface area contributed by atoms with E-state index in [9.17, 15) is 14.7 Å². The number of aliphatic carboxylic acids is 1. The van der Waals surface area contributed by atoms with Crippen LogP contribution in [0.25, 0.3) is 0 Å². The minimum atomic E-state index is -0.781. The summed E-state index contributed by atoms with van der Waals surface area (Å²) in [5.41, 5.74) is -0.453. The van der Waals surface area contributed by atoms with Crippen LogP contribution in [0.3, 0.4) is 0 Å². The van der Waals surface area contributed by atoms with Crippen molar-refractivity contribution in [1.82, 2.24) is 5.32 Å². The molecule has 18 heavy (non-hydrogen) atoms. The molecule has 0 saturated heterocycles. The van der Waals surface area contributed by atoms with E-state index in [1.807, 2.05) is 0 Å². The molecule has 0 spiro atoms. The second-order valence-electron chi connectivity index (χ2n) is 6.60. The number of hydrogen-bond acceptors (Lipinski definition) is 2. The number of carbonyl (C=O) groups is 2. The van der Waals surface area contributed by atoms with Crippen LogP contribution >= 0.6 is 0 Å². The summed E-state index contributed by atoms with van der Waals surface area (Å²) in [7, 11) is 0. The number of carbonyl (C=O) groups excluding carboxylic acids is 1. The van der Waals surface area contributed by atoms with Gasteiger partial charge in [-0.05, 0) is 55.8 Å². The van der Waals surface area contributed by atoms with Crippen LogP contribution in [0, 0.1) is 23.7 Å². The Hall–Kier alpha value is -1.06. The van der Waals surface area contributed by atoms with Crippen LogP contribution in [-0.2, 0) is 9.59 Å². The third-order valence-electron chi connectivity index (χ3n) is 5.45. The minimum Gasteiger partial charge on any atom is -0.481 e. The Balaban J connectivity index is 1.92. The van der Waals surface area contributed by atoms with Crippen LogP contribution in [-0.4, -0.2) is 22.5 Å². The zero-order chi connectivity index (χ0) is 12.9. The number of nitrogens with one attached hydrogen (secondary N) is 1. The lowest BCUT2D eigenvalue weighted by Gasteiger charge is -2.61. The summed E-state index contributed by atoms with van der Waals surface area (Å²) in [6.07, 6.45) is 5.87. The Labute approximate surface area is 107 Å². The van der Waals surface area contributed by atoms with Crippen LogP contribution in [0.1, 0.15) is 45.4 Å². The van der Waals surface area contributed by atoms with Gasteiger partial charge in [0.2, 0.25) is 5.91 Å². The van der Waals surface area contributed by atoms with Crippen molar-refractivity contribution < 1.29 is 14.7 Å². The Morgan fingerprint density at radius 2 is 1.61 bits per heavy atom. The van der Waals surface area contributed by atoms with Gasteiger partial charge in [0.05, 0.1) is 12.0 Å². The highest BCUT2D eigenvalue weighted by Gasteiger charge is 2.58. The van der Waals surface area contributed by atoms with E-state index in [4.69, 9.17) is 0 Å². The lowest BCUT2D eigenvalue weighted by atomic mass is 9.48. The SMILES string of the molecule is CC(=O)NC1(CC(=O)O)C2CC3CC(C2)CC1C3. The monoisotopic (exact) mass is 251 g/mol. The van der Waals surface area contributed by atoms with E-state index in [2.05, 4.69) is 5.32 Å². The van der Waals surface area contributed by atoms with Gasteiger partial charge in [-0.25, -0.2) is 0 Å². The standard InChI is InChI=1S/C14H21NO3/c1-8(16)15-14(7-13(17)18)11-3-9-2-10(5-11)6-12(14)4-9/h9-12H,2-7H2,1H3,(H,15,16)(H,17,18). The molecule has 0 aromatic carbocycles. The van der Waals surface area contributed by atoms with Gasteiger partial charge in [0.25, 0.3) is 0 Å². The molecule has 4 fully saturated rings. The molecule has 4 saturated carbocycles. The molecule has 4 heteroatoms. The topological polar surface area (TPSA) is 66.4 Å². The molecule has 0 heterocycles. The van der Waals surface area contributed by atoms with E-state index in [-0.39, 0.29) is 12.3 Å². The largest absolute Gasteiger partial charge is 0.481 e. The Kier molecular flexibility index (Phi) is 2.65. The van der Waals surface area contributed by atoms with Crippen molar-refractivity contribution in [2.75, 3.05) is 0 Å². The zero-order valence-electron chi connectivity index (χ0n) is 10.8. The molecule has 4 aliphatic carbocycles. The maximum absolute atomic E-state index is 11.5. The highest BCUT2D eigenvalue weighted by molar-refractivity contribution is 5.76. The molecule has 0 aliphatic heterocycles. The first kappa shape index (κ1) is 12.0. The number of amides is 1. The van der Waals surface area contributed by atoms with Crippen molar-refractivity contribution >= 4 is 11.9 Å². The van der Waals surface area contributed by atoms with Gasteiger partial charge in [0.15, 0.2) is 0 Å². The van der Waals surface area contributed by atoms with E-state index in [0.29, 0.717) is 11.8 Å². The third kappa shape index (κ3) is 1.73. The van der Waals surface area contributed by atoms with Crippen molar-refractivity contribution in [2.45, 2.75) is 51.0 Å². The third-order valence-corrected chi connectivity index (χ3v) is 5.45. The molecule has 0 atom stereocenters. The first-order valence-corrected chi connectivity index (χ1v) is 7.00. The quantitative estimate of drug-likeness (QED) is 0.803. The van der Waals surface area contributed by atoms with Gasteiger partial charge in [-0.15, -0.1) is 0 Å². The predicted octanol–water partition coefficient (Wildman–Crippen LogP) is 1.79. The fraction of sp³-hybridized carbons (Fsp3) is 0.857. The highest BCUT2D eigenvalue weighted by Crippen LogP contribution is 2.59. The predicted molar refractivity (Wildman–Crippen MR) is 65.8 cm³/mol. The molecule has 4 nitrogen and oxygen atoms in total. The number of hydrogen-bond donors (Lipinski definition) is 2. The van der Waals surface area contributed by atoms with Crippen molar-refractivity contribution in [1.29, 1.82) is 0 Å². The molecular formula is C14H21NO3. The Morgan fingerprint density at radius 3 is 2.00 bits per heavy atom. The van der Waals surface area contributed by atoms with Crippen molar-refractivity contribution in [3.05, 3.63) is 0 Å².